The largest absolute Gasteiger partial charge is 0.399 e. The van der Waals surface area contributed by atoms with Gasteiger partial charge in [-0.1, -0.05) is 71.9 Å². The van der Waals surface area contributed by atoms with Crippen molar-refractivity contribution in [1.29, 1.82) is 0 Å². The molecule has 0 saturated carbocycles. The molecular formula is C28H29N3O3. The molecule has 0 aliphatic carbocycles. The third-order valence-corrected chi connectivity index (χ3v) is 6.09. The van der Waals surface area contributed by atoms with Crippen molar-refractivity contribution in [2.75, 3.05) is 20.2 Å². The van der Waals surface area contributed by atoms with Crippen LogP contribution in [-0.2, 0) is 16.1 Å². The summed E-state index contributed by atoms with van der Waals surface area (Å²) in [5.74, 6) is -0.372. The van der Waals surface area contributed by atoms with E-state index in [1.807, 2.05) is 66.7 Å². The van der Waals surface area contributed by atoms with Crippen molar-refractivity contribution >= 4 is 17.5 Å². The highest BCUT2D eigenvalue weighted by atomic mass is 16.6. The summed E-state index contributed by atoms with van der Waals surface area (Å²) in [6.07, 6.45) is 1.09. The lowest BCUT2D eigenvalue weighted by Gasteiger charge is -2.23. The van der Waals surface area contributed by atoms with E-state index >= 15 is 0 Å². The van der Waals surface area contributed by atoms with Gasteiger partial charge in [0.25, 0.3) is 5.91 Å². The fourth-order valence-electron chi connectivity index (χ4n) is 4.30. The molecule has 0 spiro atoms. The zero-order chi connectivity index (χ0) is 23.9. The van der Waals surface area contributed by atoms with Gasteiger partial charge in [-0.25, -0.2) is 0 Å². The molecule has 1 saturated heterocycles. The molecule has 6 heteroatoms. The molecule has 1 aliphatic heterocycles. The highest BCUT2D eigenvalue weighted by Gasteiger charge is 2.38. The van der Waals surface area contributed by atoms with Crippen LogP contribution in [-0.4, -0.2) is 48.7 Å². The van der Waals surface area contributed by atoms with Gasteiger partial charge in [0.1, 0.15) is 13.2 Å². The Morgan fingerprint density at radius 1 is 1.00 bits per heavy atom. The number of nitrogens with zero attached hydrogens (tertiary/aromatic N) is 2. The molecule has 0 radical (unpaired) electrons. The van der Waals surface area contributed by atoms with Crippen molar-refractivity contribution in [3.05, 3.63) is 95.6 Å². The Balaban J connectivity index is 1.47. The maximum absolute atomic E-state index is 13.4. The second-order valence-corrected chi connectivity index (χ2v) is 8.41. The van der Waals surface area contributed by atoms with Crippen LogP contribution < -0.4 is 5.32 Å². The molecule has 34 heavy (non-hydrogen) atoms. The maximum atomic E-state index is 13.4. The van der Waals surface area contributed by atoms with Crippen LogP contribution in [0.5, 0.6) is 0 Å². The first-order valence-electron chi connectivity index (χ1n) is 11.4. The molecule has 6 nitrogen and oxygen atoms in total. The number of benzene rings is 3. The van der Waals surface area contributed by atoms with E-state index in [1.54, 1.807) is 4.90 Å². The molecule has 0 unspecified atom stereocenters. The number of amides is 2. The summed E-state index contributed by atoms with van der Waals surface area (Å²) in [7, 11) is 1.47. The van der Waals surface area contributed by atoms with E-state index in [2.05, 4.69) is 29.5 Å². The van der Waals surface area contributed by atoms with Gasteiger partial charge in [0, 0.05) is 18.5 Å². The quantitative estimate of drug-likeness (QED) is 0.542. The van der Waals surface area contributed by atoms with Crippen molar-refractivity contribution in [3.8, 4) is 11.1 Å². The second kappa shape index (κ2) is 10.8. The molecule has 174 valence electrons. The predicted molar refractivity (Wildman–Crippen MR) is 134 cm³/mol. The minimum atomic E-state index is -0.617. The van der Waals surface area contributed by atoms with Gasteiger partial charge in [-0.05, 0) is 47.7 Å². The molecule has 0 aromatic heterocycles. The molecule has 1 heterocycles. The third-order valence-electron chi connectivity index (χ3n) is 6.09. The van der Waals surface area contributed by atoms with Crippen LogP contribution in [0.15, 0.2) is 84.0 Å². The van der Waals surface area contributed by atoms with Crippen LogP contribution in [0.4, 0.5) is 0 Å². The lowest BCUT2D eigenvalue weighted by Crippen LogP contribution is -2.46. The molecule has 1 atom stereocenters. The fraction of sp³-hybridized carbons (Fsp3) is 0.250. The van der Waals surface area contributed by atoms with E-state index in [-0.39, 0.29) is 18.4 Å². The molecular weight excluding hydrogens is 426 g/mol. The van der Waals surface area contributed by atoms with Crippen LogP contribution in [0.25, 0.3) is 11.1 Å². The van der Waals surface area contributed by atoms with E-state index in [1.165, 1.54) is 12.7 Å². The van der Waals surface area contributed by atoms with Crippen LogP contribution >= 0.6 is 0 Å². The number of likely N-dealkylation sites (tertiary alicyclic amines) is 1. The molecule has 3 aromatic carbocycles. The van der Waals surface area contributed by atoms with Crippen LogP contribution in [0.2, 0.25) is 0 Å². The van der Waals surface area contributed by atoms with E-state index < -0.39 is 6.04 Å². The van der Waals surface area contributed by atoms with Crippen LogP contribution in [0.1, 0.15) is 27.9 Å². The topological polar surface area (TPSA) is 71.0 Å². The number of nitrogens with one attached hydrogen (secondary N) is 1. The fourth-order valence-corrected chi connectivity index (χ4v) is 4.30. The molecule has 1 fully saturated rings. The van der Waals surface area contributed by atoms with Gasteiger partial charge in [0.05, 0.1) is 12.3 Å². The first-order chi connectivity index (χ1) is 16.6. The highest BCUT2D eigenvalue weighted by Crippen LogP contribution is 2.25. The van der Waals surface area contributed by atoms with Crippen LogP contribution in [0.3, 0.4) is 0 Å². The summed E-state index contributed by atoms with van der Waals surface area (Å²) in [5.41, 5.74) is 5.72. The van der Waals surface area contributed by atoms with Crippen molar-refractivity contribution in [1.82, 2.24) is 10.2 Å². The molecule has 1 N–H and O–H groups in total. The van der Waals surface area contributed by atoms with Crippen molar-refractivity contribution in [3.63, 3.8) is 0 Å². The lowest BCUT2D eigenvalue weighted by atomic mass is 9.99. The molecule has 3 aromatic rings. The van der Waals surface area contributed by atoms with Gasteiger partial charge in [-0.3, -0.25) is 9.59 Å². The molecule has 1 aliphatic rings. The number of hydrogen-bond acceptors (Lipinski definition) is 4. The molecule has 0 bridgehead atoms. The monoisotopic (exact) mass is 455 g/mol. The molecule has 4 rings (SSSR count). The van der Waals surface area contributed by atoms with E-state index in [0.717, 1.165) is 23.1 Å². The zero-order valence-electron chi connectivity index (χ0n) is 19.5. The van der Waals surface area contributed by atoms with Gasteiger partial charge in [0.2, 0.25) is 5.91 Å². The SMILES string of the molecule is CO/N=C1/C[C@@H](C(=O)NCCc2ccccc2)N(C(=O)c2ccc(-c3ccccc3C)cc2)C1. The number of carbonyl (C=O) groups excluding carboxylic acids is 2. The van der Waals surface area contributed by atoms with E-state index in [4.69, 9.17) is 4.84 Å². The Hall–Kier alpha value is -3.93. The average Bonchev–Trinajstić information content (AvgIpc) is 3.29. The Kier molecular flexibility index (Phi) is 7.38. The summed E-state index contributed by atoms with van der Waals surface area (Å²) >= 11 is 0. The minimum Gasteiger partial charge on any atom is -0.399 e. The smallest absolute Gasteiger partial charge is 0.254 e. The Bertz CT molecular complexity index is 1170. The van der Waals surface area contributed by atoms with Gasteiger partial charge in [0.15, 0.2) is 0 Å². The van der Waals surface area contributed by atoms with Gasteiger partial charge < -0.3 is 15.1 Å². The normalized spacial score (nSPS) is 16.5. The average molecular weight is 456 g/mol. The summed E-state index contributed by atoms with van der Waals surface area (Å²) in [6.45, 7) is 2.84. The highest BCUT2D eigenvalue weighted by molar-refractivity contribution is 6.05. The van der Waals surface area contributed by atoms with Crippen molar-refractivity contribution in [2.24, 2.45) is 5.16 Å². The maximum Gasteiger partial charge on any atom is 0.254 e. The zero-order valence-corrected chi connectivity index (χ0v) is 19.5. The lowest BCUT2D eigenvalue weighted by molar-refractivity contribution is -0.124. The van der Waals surface area contributed by atoms with Gasteiger partial charge >= 0.3 is 0 Å². The molecule has 2 amide bonds. The Morgan fingerprint density at radius 3 is 2.41 bits per heavy atom. The first-order valence-corrected chi connectivity index (χ1v) is 11.4. The summed E-state index contributed by atoms with van der Waals surface area (Å²) in [6, 6.07) is 25.0. The van der Waals surface area contributed by atoms with Crippen LogP contribution in [0, 0.1) is 6.92 Å². The summed E-state index contributed by atoms with van der Waals surface area (Å²) in [5, 5.41) is 7.00. The van der Waals surface area contributed by atoms with Gasteiger partial charge in [-0.15, -0.1) is 0 Å². The summed E-state index contributed by atoms with van der Waals surface area (Å²) < 4.78 is 0. The number of carbonyl (C=O) groups is 2. The first kappa shape index (κ1) is 23.2. The third kappa shape index (κ3) is 5.34. The Labute approximate surface area is 200 Å². The minimum absolute atomic E-state index is 0.179. The van der Waals surface area contributed by atoms with E-state index in [9.17, 15) is 9.59 Å². The number of oxime groups is 1. The Morgan fingerprint density at radius 2 is 1.71 bits per heavy atom. The summed E-state index contributed by atoms with van der Waals surface area (Å²) in [4.78, 5) is 32.9. The number of aryl methyl sites for hydroxylation is 1. The van der Waals surface area contributed by atoms with Crippen molar-refractivity contribution < 1.29 is 14.4 Å². The predicted octanol–water partition coefficient (Wildman–Crippen LogP) is 4.24. The standard InChI is InChI=1S/C28H29N3O3/c1-20-8-6-7-11-25(20)22-12-14-23(15-13-22)28(33)31-19-24(30-34-2)18-26(31)27(32)29-17-16-21-9-4-3-5-10-21/h3-15,26H,16-19H2,1-2H3,(H,29,32)/b30-24-/t26-/m0/s1. The van der Waals surface area contributed by atoms with Gasteiger partial charge in [-0.2, -0.15) is 0 Å². The van der Waals surface area contributed by atoms with Crippen molar-refractivity contribution in [2.45, 2.75) is 25.8 Å². The number of hydrogen-bond donors (Lipinski definition) is 1. The second-order valence-electron chi connectivity index (χ2n) is 8.41. The van der Waals surface area contributed by atoms with E-state index in [0.29, 0.717) is 24.2 Å². The number of rotatable bonds is 7.